The summed E-state index contributed by atoms with van der Waals surface area (Å²) in [5.74, 6) is 0. The van der Waals surface area contributed by atoms with Gasteiger partial charge in [-0.1, -0.05) is 41.9 Å². The molecule has 1 aliphatic heterocycles. The highest BCUT2D eigenvalue weighted by molar-refractivity contribution is 6.31. The van der Waals surface area contributed by atoms with Gasteiger partial charge in [-0.2, -0.15) is 0 Å². The number of piperazine rings is 1. The van der Waals surface area contributed by atoms with Gasteiger partial charge in [0, 0.05) is 54.8 Å². The lowest BCUT2D eigenvalue weighted by atomic mass is 10.1. The Morgan fingerprint density at radius 3 is 2.52 bits per heavy atom. The fraction of sp³-hybridized carbons (Fsp3) is 0.391. The van der Waals surface area contributed by atoms with Crippen LogP contribution in [0.4, 0.5) is 0 Å². The van der Waals surface area contributed by atoms with Crippen LogP contribution in [-0.2, 0) is 13.0 Å². The van der Waals surface area contributed by atoms with Crippen molar-refractivity contribution in [2.75, 3.05) is 39.8 Å². The number of benzene rings is 2. The average molecular weight is 382 g/mol. The predicted molar refractivity (Wildman–Crippen MR) is 115 cm³/mol. The Hall–Kier alpha value is -1.81. The molecule has 4 rings (SSSR count). The molecule has 0 N–H and O–H groups in total. The van der Waals surface area contributed by atoms with E-state index in [2.05, 4.69) is 70.1 Å². The molecule has 0 unspecified atom stereocenters. The summed E-state index contributed by atoms with van der Waals surface area (Å²) in [5.41, 5.74) is 4.02. The molecule has 1 saturated heterocycles. The van der Waals surface area contributed by atoms with Gasteiger partial charge >= 0.3 is 0 Å². The number of hydrogen-bond donors (Lipinski definition) is 0. The van der Waals surface area contributed by atoms with Gasteiger partial charge in [-0.25, -0.2) is 0 Å². The van der Waals surface area contributed by atoms with E-state index in [9.17, 15) is 0 Å². The summed E-state index contributed by atoms with van der Waals surface area (Å²) in [6.45, 7) is 6.84. The number of aromatic nitrogens is 1. The van der Waals surface area contributed by atoms with E-state index >= 15 is 0 Å². The van der Waals surface area contributed by atoms with Gasteiger partial charge in [0.1, 0.15) is 0 Å². The number of likely N-dealkylation sites (N-methyl/N-ethyl adjacent to an activating group) is 1. The zero-order chi connectivity index (χ0) is 18.6. The Morgan fingerprint density at radius 1 is 0.963 bits per heavy atom. The molecule has 27 heavy (non-hydrogen) atoms. The van der Waals surface area contributed by atoms with Crippen LogP contribution >= 0.6 is 11.6 Å². The maximum atomic E-state index is 6.31. The lowest BCUT2D eigenvalue weighted by Gasteiger charge is -2.32. The summed E-state index contributed by atoms with van der Waals surface area (Å²) in [6, 6.07) is 16.9. The van der Waals surface area contributed by atoms with Crippen molar-refractivity contribution in [2.24, 2.45) is 0 Å². The fourth-order valence-electron chi connectivity index (χ4n) is 4.02. The highest BCUT2D eigenvalue weighted by Gasteiger charge is 2.14. The summed E-state index contributed by atoms with van der Waals surface area (Å²) < 4.78 is 2.37. The second-order valence-corrected chi connectivity index (χ2v) is 8.11. The van der Waals surface area contributed by atoms with Crippen LogP contribution < -0.4 is 0 Å². The Balaban J connectivity index is 1.49. The predicted octanol–water partition coefficient (Wildman–Crippen LogP) is 4.52. The molecule has 2 heterocycles. The largest absolute Gasteiger partial charge is 0.343 e. The minimum atomic E-state index is 0.820. The molecule has 0 saturated carbocycles. The molecule has 0 atom stereocenters. The van der Waals surface area contributed by atoms with Crippen molar-refractivity contribution in [1.82, 2.24) is 14.4 Å². The zero-order valence-corrected chi connectivity index (χ0v) is 16.8. The minimum Gasteiger partial charge on any atom is -0.343 e. The van der Waals surface area contributed by atoms with Gasteiger partial charge in [-0.3, -0.25) is 0 Å². The van der Waals surface area contributed by atoms with E-state index in [1.165, 1.54) is 61.2 Å². The Bertz CT molecular complexity index is 879. The molecule has 0 spiro atoms. The van der Waals surface area contributed by atoms with Gasteiger partial charge in [-0.15, -0.1) is 0 Å². The number of aryl methyl sites for hydroxylation is 1. The maximum Gasteiger partial charge on any atom is 0.0487 e. The molecule has 1 aliphatic rings. The molecule has 0 radical (unpaired) electrons. The first-order chi connectivity index (χ1) is 13.2. The Kier molecular flexibility index (Phi) is 5.82. The van der Waals surface area contributed by atoms with Crippen LogP contribution in [0.3, 0.4) is 0 Å². The van der Waals surface area contributed by atoms with Crippen molar-refractivity contribution < 1.29 is 0 Å². The molecule has 2 aromatic carbocycles. The zero-order valence-electron chi connectivity index (χ0n) is 16.1. The quantitative estimate of drug-likeness (QED) is 0.621. The van der Waals surface area contributed by atoms with Crippen molar-refractivity contribution in [3.8, 4) is 0 Å². The topological polar surface area (TPSA) is 11.4 Å². The highest BCUT2D eigenvalue weighted by atomic mass is 35.5. The van der Waals surface area contributed by atoms with Crippen LogP contribution in [0.1, 0.15) is 17.5 Å². The second kappa shape index (κ2) is 8.47. The second-order valence-electron chi connectivity index (χ2n) is 7.68. The van der Waals surface area contributed by atoms with Crippen LogP contribution in [0.25, 0.3) is 10.9 Å². The molecular formula is C23H28ClN3. The fourth-order valence-corrected chi connectivity index (χ4v) is 4.19. The van der Waals surface area contributed by atoms with Crippen molar-refractivity contribution in [3.63, 3.8) is 0 Å². The van der Waals surface area contributed by atoms with Crippen LogP contribution in [0, 0.1) is 0 Å². The summed E-state index contributed by atoms with van der Waals surface area (Å²) in [7, 11) is 2.21. The first kappa shape index (κ1) is 18.5. The number of fused-ring (bicyclic) bond motifs is 1. The molecule has 0 amide bonds. The van der Waals surface area contributed by atoms with Gasteiger partial charge in [0.15, 0.2) is 0 Å². The molecule has 1 aromatic heterocycles. The molecular weight excluding hydrogens is 354 g/mol. The molecule has 0 bridgehead atoms. The van der Waals surface area contributed by atoms with E-state index in [1.807, 2.05) is 6.07 Å². The van der Waals surface area contributed by atoms with Crippen LogP contribution in [0.5, 0.6) is 0 Å². The Labute approximate surface area is 167 Å². The van der Waals surface area contributed by atoms with E-state index in [0.29, 0.717) is 0 Å². The number of nitrogens with zero attached hydrogens (tertiary/aromatic N) is 3. The minimum absolute atomic E-state index is 0.820. The standard InChI is InChI=1S/C23H28ClN3/c1-25-12-14-26(15-13-25)11-5-8-20-18-27(17-19-6-3-2-4-7-19)23-10-9-21(24)16-22(20)23/h2-4,6-7,9-10,16,18H,5,8,11-15,17H2,1H3. The molecule has 3 nitrogen and oxygen atoms in total. The lowest BCUT2D eigenvalue weighted by Crippen LogP contribution is -2.44. The summed E-state index contributed by atoms with van der Waals surface area (Å²) in [4.78, 5) is 5.01. The normalized spacial score (nSPS) is 16.2. The van der Waals surface area contributed by atoms with E-state index in [1.54, 1.807) is 0 Å². The third-order valence-corrected chi connectivity index (χ3v) is 5.87. The van der Waals surface area contributed by atoms with Crippen LogP contribution in [-0.4, -0.2) is 54.1 Å². The number of hydrogen-bond acceptors (Lipinski definition) is 2. The van der Waals surface area contributed by atoms with Gasteiger partial charge in [0.25, 0.3) is 0 Å². The van der Waals surface area contributed by atoms with E-state index in [4.69, 9.17) is 11.6 Å². The van der Waals surface area contributed by atoms with Gasteiger partial charge in [0.05, 0.1) is 0 Å². The lowest BCUT2D eigenvalue weighted by molar-refractivity contribution is 0.153. The van der Waals surface area contributed by atoms with Crippen molar-refractivity contribution in [2.45, 2.75) is 19.4 Å². The summed E-state index contributed by atoms with van der Waals surface area (Å²) >= 11 is 6.31. The van der Waals surface area contributed by atoms with Gasteiger partial charge < -0.3 is 14.4 Å². The summed E-state index contributed by atoms with van der Waals surface area (Å²) in [6.07, 6.45) is 4.63. The van der Waals surface area contributed by atoms with Gasteiger partial charge in [-0.05, 0) is 55.8 Å². The van der Waals surface area contributed by atoms with Crippen molar-refractivity contribution >= 4 is 22.5 Å². The van der Waals surface area contributed by atoms with Crippen molar-refractivity contribution in [3.05, 3.63) is 70.9 Å². The molecule has 4 heteroatoms. The van der Waals surface area contributed by atoms with Crippen LogP contribution in [0.2, 0.25) is 5.02 Å². The third-order valence-electron chi connectivity index (χ3n) is 5.64. The first-order valence-corrected chi connectivity index (χ1v) is 10.3. The van der Waals surface area contributed by atoms with Gasteiger partial charge in [0.2, 0.25) is 0 Å². The maximum absolute atomic E-state index is 6.31. The van der Waals surface area contributed by atoms with E-state index in [0.717, 1.165) is 18.0 Å². The monoisotopic (exact) mass is 381 g/mol. The smallest absolute Gasteiger partial charge is 0.0487 e. The molecule has 3 aromatic rings. The molecule has 142 valence electrons. The highest BCUT2D eigenvalue weighted by Crippen LogP contribution is 2.27. The van der Waals surface area contributed by atoms with Crippen LogP contribution in [0.15, 0.2) is 54.7 Å². The van der Waals surface area contributed by atoms with E-state index < -0.39 is 0 Å². The summed E-state index contributed by atoms with van der Waals surface area (Å²) in [5, 5.41) is 2.12. The van der Waals surface area contributed by atoms with Crippen molar-refractivity contribution in [1.29, 1.82) is 0 Å². The van der Waals surface area contributed by atoms with E-state index in [-0.39, 0.29) is 0 Å². The third kappa shape index (κ3) is 4.55. The number of rotatable bonds is 6. The molecule has 1 fully saturated rings. The number of halogens is 1. The first-order valence-electron chi connectivity index (χ1n) is 9.91. The average Bonchev–Trinajstić information content (AvgIpc) is 3.01. The molecule has 0 aliphatic carbocycles. The Morgan fingerprint density at radius 2 is 1.74 bits per heavy atom. The SMILES string of the molecule is CN1CCN(CCCc2cn(Cc3ccccc3)c3ccc(Cl)cc23)CC1.